The van der Waals surface area contributed by atoms with Crippen molar-refractivity contribution in [1.29, 1.82) is 0 Å². The molecule has 0 saturated carbocycles. The predicted molar refractivity (Wildman–Crippen MR) is 234 cm³/mol. The Bertz CT molecular complexity index is 2020. The monoisotopic (exact) mass is 986 g/mol. The van der Waals surface area contributed by atoms with Crippen LogP contribution in [0.5, 0.6) is 23.5 Å². The summed E-state index contributed by atoms with van der Waals surface area (Å²) in [6.07, 6.45) is -1.06. The van der Waals surface area contributed by atoms with Gasteiger partial charge in [-0.2, -0.15) is 9.97 Å². The summed E-state index contributed by atoms with van der Waals surface area (Å²) in [5, 5.41) is 44.1. The largest absolute Gasteiger partial charge is 0.481 e. The second-order valence-corrected chi connectivity index (χ2v) is 16.9. The average Bonchev–Trinajstić information content (AvgIpc) is 3.17. The number of rotatable bonds is 25. The van der Waals surface area contributed by atoms with Gasteiger partial charge in [0.1, 0.15) is 26.4 Å². The number of carbonyl (C=O) groups is 2. The minimum atomic E-state index is -1.08. The molecule has 16 nitrogen and oxygen atoms in total. The highest BCUT2D eigenvalue weighted by Gasteiger charge is 2.23. The van der Waals surface area contributed by atoms with Gasteiger partial charge in [0, 0.05) is 63.4 Å². The second-order valence-electron chi connectivity index (χ2n) is 15.2. The molecule has 2 saturated heterocycles. The van der Waals surface area contributed by atoms with Gasteiger partial charge < -0.3 is 59.5 Å². The Morgan fingerprint density at radius 2 is 1.08 bits per heavy atom. The summed E-state index contributed by atoms with van der Waals surface area (Å²) in [4.78, 5) is 31.3. The third-order valence-electron chi connectivity index (χ3n) is 10.5. The molecular formula is C44H52Br2N4O12. The molecule has 4 atom stereocenters. The topological polar surface area (TPSA) is 220 Å². The van der Waals surface area contributed by atoms with Crippen LogP contribution in [-0.2, 0) is 45.4 Å². The molecule has 0 radical (unpaired) electrons. The van der Waals surface area contributed by atoms with Crippen molar-refractivity contribution < 1.29 is 58.4 Å². The van der Waals surface area contributed by atoms with E-state index in [1.54, 1.807) is 0 Å². The van der Waals surface area contributed by atoms with Gasteiger partial charge in [0.15, 0.2) is 0 Å². The van der Waals surface area contributed by atoms with Crippen LogP contribution in [0.1, 0.15) is 59.1 Å². The molecule has 2 aliphatic heterocycles. The zero-order valence-corrected chi connectivity index (χ0v) is 37.7. The number of hydrogen-bond acceptors (Lipinski definition) is 14. The zero-order valence-electron chi connectivity index (χ0n) is 34.5. The molecule has 2 aliphatic rings. The zero-order chi connectivity index (χ0) is 44.2. The molecule has 334 valence electrons. The van der Waals surface area contributed by atoms with Crippen LogP contribution in [0.15, 0.2) is 57.5 Å². The summed E-state index contributed by atoms with van der Waals surface area (Å²) in [6.45, 7) is 7.31. The fraction of sp³-hybridized carbons (Fsp3) is 0.455. The van der Waals surface area contributed by atoms with Crippen LogP contribution in [0.4, 0.5) is 0 Å². The van der Waals surface area contributed by atoms with E-state index < -0.39 is 24.1 Å². The lowest BCUT2D eigenvalue weighted by Crippen LogP contribution is -2.33. The van der Waals surface area contributed by atoms with E-state index in [1.165, 1.54) is 0 Å². The van der Waals surface area contributed by atoms with Gasteiger partial charge in [-0.1, -0.05) is 36.4 Å². The molecule has 2 aromatic heterocycles. The number of pyridine rings is 2. The van der Waals surface area contributed by atoms with Gasteiger partial charge >= 0.3 is 11.9 Å². The Balaban J connectivity index is 1.13. The summed E-state index contributed by atoms with van der Waals surface area (Å²) in [6, 6.07) is 15.8. The molecule has 4 heterocycles. The number of hydrogen-bond donors (Lipinski definition) is 6. The first-order valence-electron chi connectivity index (χ1n) is 20.4. The lowest BCUT2D eigenvalue weighted by molar-refractivity contribution is -0.140. The number of benzene rings is 2. The Morgan fingerprint density at radius 1 is 0.677 bits per heavy atom. The van der Waals surface area contributed by atoms with Crippen LogP contribution in [-0.4, -0.2) is 106 Å². The van der Waals surface area contributed by atoms with Crippen molar-refractivity contribution in [3.8, 4) is 34.6 Å². The van der Waals surface area contributed by atoms with Crippen molar-refractivity contribution in [2.24, 2.45) is 0 Å². The van der Waals surface area contributed by atoms with E-state index in [0.29, 0.717) is 70.0 Å². The van der Waals surface area contributed by atoms with Gasteiger partial charge in [0.2, 0.25) is 23.5 Å². The number of nitrogens with zero attached hydrogens (tertiary/aromatic N) is 2. The van der Waals surface area contributed by atoms with Gasteiger partial charge in [-0.3, -0.25) is 9.59 Å². The van der Waals surface area contributed by atoms with E-state index in [9.17, 15) is 19.8 Å². The summed E-state index contributed by atoms with van der Waals surface area (Å²) in [5.74, 6) is -0.762. The van der Waals surface area contributed by atoms with Crippen molar-refractivity contribution in [1.82, 2.24) is 20.6 Å². The third kappa shape index (κ3) is 13.3. The highest BCUT2D eigenvalue weighted by molar-refractivity contribution is 9.10. The lowest BCUT2D eigenvalue weighted by atomic mass is 9.92. The normalized spacial score (nSPS) is 16.7. The highest BCUT2D eigenvalue weighted by atomic mass is 79.9. The van der Waals surface area contributed by atoms with Crippen LogP contribution in [0.25, 0.3) is 11.1 Å². The number of aliphatic carboxylic acids is 2. The standard InChI is InChI=1S/C44H52Br2N4O12/c1-25-27(21-59-43-37(45)13-29(17-47-19-31(51)15-39(53)54)41(49-43)61-23-33-9-11-57-33)5-3-7-35(25)36-8-4-6-28(26(36)2)22-60-44-38(46)14-30(18-48-20-32(52)16-40(55)56)42(50-44)62-24-34-10-12-58-34/h3-8,13-14,31-34,47-48,51-52H,9-12,15-24H2,1-2H3,(H,53,54)(H,55,56)/t31-,32-,33?,34?/m0/s1. The SMILES string of the molecule is Cc1c(COc2nc(OCC3CCO3)c(CNC[C@@H](O)CC(=O)O)cc2Br)cccc1-c1cccc(COc2nc(OCC3CCO3)c(CNC[C@@H](O)CC(=O)O)cc2Br)c1C. The number of carboxylic acid groups (broad SMARTS) is 2. The van der Waals surface area contributed by atoms with Gasteiger partial charge in [0.25, 0.3) is 0 Å². The van der Waals surface area contributed by atoms with Crippen molar-refractivity contribution in [2.45, 2.75) is 90.2 Å². The van der Waals surface area contributed by atoms with Crippen molar-refractivity contribution >= 4 is 43.8 Å². The van der Waals surface area contributed by atoms with Crippen molar-refractivity contribution in [2.75, 3.05) is 39.5 Å². The third-order valence-corrected chi connectivity index (χ3v) is 11.6. The Labute approximate surface area is 376 Å². The van der Waals surface area contributed by atoms with Crippen LogP contribution >= 0.6 is 31.9 Å². The number of halogens is 2. The van der Waals surface area contributed by atoms with E-state index in [4.69, 9.17) is 48.6 Å². The quantitative estimate of drug-likeness (QED) is 0.0474. The molecule has 2 fully saturated rings. The van der Waals surface area contributed by atoms with E-state index in [1.807, 2.05) is 36.4 Å². The van der Waals surface area contributed by atoms with Crippen LogP contribution in [0.2, 0.25) is 0 Å². The number of aliphatic hydroxyl groups excluding tert-OH is 2. The fourth-order valence-electron chi connectivity index (χ4n) is 6.72. The lowest BCUT2D eigenvalue weighted by Gasteiger charge is -2.26. The smallest absolute Gasteiger partial charge is 0.306 e. The first-order chi connectivity index (χ1) is 29.8. The molecule has 6 rings (SSSR count). The second kappa shape index (κ2) is 22.8. The number of carboxylic acids is 2. The minimum absolute atomic E-state index is 0.0215. The highest BCUT2D eigenvalue weighted by Crippen LogP contribution is 2.35. The van der Waals surface area contributed by atoms with E-state index in [0.717, 1.165) is 46.2 Å². The Hall–Kier alpha value is -4.40. The van der Waals surface area contributed by atoms with Crippen LogP contribution < -0.4 is 29.6 Å². The van der Waals surface area contributed by atoms with Gasteiger partial charge in [-0.15, -0.1) is 0 Å². The Morgan fingerprint density at radius 3 is 1.44 bits per heavy atom. The summed E-state index contributed by atoms with van der Waals surface area (Å²) in [7, 11) is 0. The molecule has 4 aromatic rings. The van der Waals surface area contributed by atoms with Gasteiger partial charge in [0.05, 0.1) is 46.2 Å². The maximum absolute atomic E-state index is 11.0. The first kappa shape index (κ1) is 47.1. The number of nitrogens with one attached hydrogen (secondary N) is 2. The minimum Gasteiger partial charge on any atom is -0.481 e. The van der Waals surface area contributed by atoms with Gasteiger partial charge in [-0.25, -0.2) is 0 Å². The number of aromatic nitrogens is 2. The molecular weight excluding hydrogens is 936 g/mol. The molecule has 0 spiro atoms. The molecule has 0 bridgehead atoms. The van der Waals surface area contributed by atoms with Gasteiger partial charge in [-0.05, 0) is 91.2 Å². The average molecular weight is 989 g/mol. The van der Waals surface area contributed by atoms with Crippen LogP contribution in [0.3, 0.4) is 0 Å². The maximum Gasteiger partial charge on any atom is 0.306 e. The van der Waals surface area contributed by atoms with E-state index >= 15 is 0 Å². The summed E-state index contributed by atoms with van der Waals surface area (Å²) < 4.78 is 37.0. The molecule has 2 aromatic carbocycles. The number of ether oxygens (including phenoxy) is 6. The molecule has 2 unspecified atom stereocenters. The maximum atomic E-state index is 11.0. The van der Waals surface area contributed by atoms with E-state index in [2.05, 4.69) is 68.5 Å². The molecule has 18 heteroatoms. The summed E-state index contributed by atoms with van der Waals surface area (Å²) >= 11 is 7.20. The molecule has 6 N–H and O–H groups in total. The van der Waals surface area contributed by atoms with E-state index in [-0.39, 0.29) is 64.4 Å². The number of aliphatic hydroxyl groups is 2. The molecule has 0 amide bonds. The predicted octanol–water partition coefficient (Wildman–Crippen LogP) is 5.63. The molecule has 0 aliphatic carbocycles. The van der Waals surface area contributed by atoms with Crippen LogP contribution in [0, 0.1) is 13.8 Å². The van der Waals surface area contributed by atoms with Crippen molar-refractivity contribution in [3.63, 3.8) is 0 Å². The summed E-state index contributed by atoms with van der Waals surface area (Å²) in [5.41, 5.74) is 7.46. The first-order valence-corrected chi connectivity index (χ1v) is 21.9. The fourth-order valence-corrected chi connectivity index (χ4v) is 7.68. The Kier molecular flexibility index (Phi) is 17.3. The molecule has 62 heavy (non-hydrogen) atoms. The van der Waals surface area contributed by atoms with Crippen molar-refractivity contribution in [3.05, 3.63) is 90.9 Å².